The summed E-state index contributed by atoms with van der Waals surface area (Å²) in [5.74, 6) is 0.836. The first-order valence-corrected chi connectivity index (χ1v) is 5.81. The second-order valence-corrected chi connectivity index (χ2v) is 4.26. The summed E-state index contributed by atoms with van der Waals surface area (Å²) in [6.45, 7) is 3.04. The van der Waals surface area contributed by atoms with Gasteiger partial charge in [0, 0.05) is 20.1 Å². The van der Waals surface area contributed by atoms with Gasteiger partial charge in [-0.05, 0) is 11.6 Å². The summed E-state index contributed by atoms with van der Waals surface area (Å²) in [6.07, 6.45) is 1.70. The van der Waals surface area contributed by atoms with Gasteiger partial charge in [0.15, 0.2) is 5.82 Å². The summed E-state index contributed by atoms with van der Waals surface area (Å²) in [4.78, 5) is 10.6. The Kier molecular flexibility index (Phi) is 2.60. The van der Waals surface area contributed by atoms with Crippen LogP contribution in [0.1, 0.15) is 0 Å². The molecule has 0 aliphatic carbocycles. The largest absolute Gasteiger partial charge is 0.378 e. The second-order valence-electron chi connectivity index (χ2n) is 3.92. The highest BCUT2D eigenvalue weighted by molar-refractivity contribution is 6.28. The monoisotopic (exact) mass is 253 g/mol. The molecule has 7 heteroatoms. The Hall–Kier alpha value is -1.40. The highest BCUT2D eigenvalue weighted by Crippen LogP contribution is 2.25. The number of aryl methyl sites for hydroxylation is 1. The molecule has 0 spiro atoms. The van der Waals surface area contributed by atoms with E-state index in [9.17, 15) is 0 Å². The number of halogens is 1. The van der Waals surface area contributed by atoms with Crippen molar-refractivity contribution in [1.29, 1.82) is 0 Å². The number of nitrogens with zero attached hydrogens (tertiary/aromatic N) is 5. The lowest BCUT2D eigenvalue weighted by atomic mass is 10.3. The SMILES string of the molecule is Cn1ncc2nc(Cl)nc(N3CCOCC3)c21. The molecule has 0 aromatic carbocycles. The van der Waals surface area contributed by atoms with E-state index in [-0.39, 0.29) is 5.28 Å². The second kappa shape index (κ2) is 4.12. The van der Waals surface area contributed by atoms with Crippen molar-refractivity contribution < 1.29 is 4.74 Å². The summed E-state index contributed by atoms with van der Waals surface area (Å²) in [5.41, 5.74) is 1.69. The van der Waals surface area contributed by atoms with Crippen molar-refractivity contribution in [2.45, 2.75) is 0 Å². The minimum Gasteiger partial charge on any atom is -0.378 e. The first-order valence-electron chi connectivity index (χ1n) is 5.43. The fourth-order valence-electron chi connectivity index (χ4n) is 2.03. The molecule has 0 unspecified atom stereocenters. The van der Waals surface area contributed by atoms with E-state index in [1.165, 1.54) is 0 Å². The number of rotatable bonds is 1. The number of aromatic nitrogens is 4. The highest BCUT2D eigenvalue weighted by atomic mass is 35.5. The highest BCUT2D eigenvalue weighted by Gasteiger charge is 2.19. The van der Waals surface area contributed by atoms with Crippen LogP contribution in [0.3, 0.4) is 0 Å². The molecule has 3 heterocycles. The lowest BCUT2D eigenvalue weighted by molar-refractivity contribution is 0.122. The maximum atomic E-state index is 5.94. The summed E-state index contributed by atoms with van der Waals surface area (Å²) in [7, 11) is 1.88. The molecule has 0 bridgehead atoms. The maximum absolute atomic E-state index is 5.94. The van der Waals surface area contributed by atoms with Gasteiger partial charge in [0.1, 0.15) is 11.0 Å². The van der Waals surface area contributed by atoms with E-state index in [0.717, 1.165) is 29.9 Å². The summed E-state index contributed by atoms with van der Waals surface area (Å²) < 4.78 is 7.11. The Morgan fingerprint density at radius 1 is 1.29 bits per heavy atom. The summed E-state index contributed by atoms with van der Waals surface area (Å²) in [6, 6.07) is 0. The normalized spacial score (nSPS) is 16.7. The van der Waals surface area contributed by atoms with Gasteiger partial charge in [0.05, 0.1) is 19.4 Å². The Balaban J connectivity index is 2.15. The van der Waals surface area contributed by atoms with Crippen LogP contribution in [0.2, 0.25) is 5.28 Å². The topological polar surface area (TPSA) is 56.1 Å². The van der Waals surface area contributed by atoms with E-state index < -0.39 is 0 Å². The van der Waals surface area contributed by atoms with E-state index in [2.05, 4.69) is 20.0 Å². The van der Waals surface area contributed by atoms with Gasteiger partial charge in [0.2, 0.25) is 5.28 Å². The van der Waals surface area contributed by atoms with Crippen LogP contribution < -0.4 is 4.90 Å². The van der Waals surface area contributed by atoms with Crippen LogP contribution in [0.5, 0.6) is 0 Å². The zero-order valence-electron chi connectivity index (χ0n) is 9.43. The smallest absolute Gasteiger partial charge is 0.225 e. The van der Waals surface area contributed by atoms with Gasteiger partial charge < -0.3 is 9.64 Å². The zero-order chi connectivity index (χ0) is 11.8. The molecule has 90 valence electrons. The molecule has 1 saturated heterocycles. The Morgan fingerprint density at radius 2 is 2.06 bits per heavy atom. The van der Waals surface area contributed by atoms with Crippen molar-refractivity contribution in [3.63, 3.8) is 0 Å². The van der Waals surface area contributed by atoms with Gasteiger partial charge >= 0.3 is 0 Å². The van der Waals surface area contributed by atoms with Crippen LogP contribution in [0, 0.1) is 0 Å². The lowest BCUT2D eigenvalue weighted by Gasteiger charge is -2.28. The number of morpholine rings is 1. The maximum Gasteiger partial charge on any atom is 0.225 e. The van der Waals surface area contributed by atoms with Crippen molar-refractivity contribution in [1.82, 2.24) is 19.7 Å². The van der Waals surface area contributed by atoms with E-state index >= 15 is 0 Å². The average molecular weight is 254 g/mol. The number of hydrogen-bond donors (Lipinski definition) is 0. The minimum absolute atomic E-state index is 0.256. The van der Waals surface area contributed by atoms with E-state index in [0.29, 0.717) is 13.2 Å². The summed E-state index contributed by atoms with van der Waals surface area (Å²) >= 11 is 5.94. The fourth-order valence-corrected chi connectivity index (χ4v) is 2.20. The predicted octanol–water partition coefficient (Wildman–Crippen LogP) is 0.853. The number of ether oxygens (including phenoxy) is 1. The van der Waals surface area contributed by atoms with Crippen LogP contribution in [0.4, 0.5) is 5.82 Å². The molecule has 2 aromatic rings. The van der Waals surface area contributed by atoms with Crippen LogP contribution in [-0.2, 0) is 11.8 Å². The lowest BCUT2D eigenvalue weighted by Crippen LogP contribution is -2.37. The molecule has 0 N–H and O–H groups in total. The van der Waals surface area contributed by atoms with Crippen molar-refractivity contribution >= 4 is 28.5 Å². The van der Waals surface area contributed by atoms with E-state index in [1.807, 2.05) is 7.05 Å². The molecule has 3 rings (SSSR count). The molecule has 0 amide bonds. The zero-order valence-corrected chi connectivity index (χ0v) is 10.2. The van der Waals surface area contributed by atoms with Gasteiger partial charge in [-0.3, -0.25) is 4.68 Å². The molecule has 0 atom stereocenters. The van der Waals surface area contributed by atoms with Gasteiger partial charge in [-0.2, -0.15) is 10.1 Å². The Morgan fingerprint density at radius 3 is 2.82 bits per heavy atom. The van der Waals surface area contributed by atoms with Gasteiger partial charge in [0.25, 0.3) is 0 Å². The summed E-state index contributed by atoms with van der Waals surface area (Å²) in [5, 5.41) is 4.45. The molecule has 17 heavy (non-hydrogen) atoms. The third kappa shape index (κ3) is 1.83. The molecule has 6 nitrogen and oxygen atoms in total. The number of fused-ring (bicyclic) bond motifs is 1. The molecular weight excluding hydrogens is 242 g/mol. The molecule has 2 aromatic heterocycles. The molecular formula is C10H12ClN5O. The third-order valence-corrected chi connectivity index (χ3v) is 3.02. The van der Waals surface area contributed by atoms with Crippen molar-refractivity contribution in [2.75, 3.05) is 31.2 Å². The van der Waals surface area contributed by atoms with Gasteiger partial charge in [-0.1, -0.05) is 0 Å². The van der Waals surface area contributed by atoms with Crippen LogP contribution in [-0.4, -0.2) is 46.1 Å². The molecule has 1 aliphatic rings. The minimum atomic E-state index is 0.256. The van der Waals surface area contributed by atoms with Crippen LogP contribution in [0.15, 0.2) is 6.20 Å². The van der Waals surface area contributed by atoms with Crippen molar-refractivity contribution in [3.8, 4) is 0 Å². The average Bonchev–Trinajstić information content (AvgIpc) is 2.71. The predicted molar refractivity (Wildman–Crippen MR) is 64.3 cm³/mol. The first-order chi connectivity index (χ1) is 8.25. The fraction of sp³-hybridized carbons (Fsp3) is 0.500. The third-order valence-electron chi connectivity index (χ3n) is 2.85. The number of anilines is 1. The standard InChI is InChI=1S/C10H12ClN5O/c1-15-8-7(6-12-15)13-10(11)14-9(8)16-2-4-17-5-3-16/h6H,2-5H2,1H3. The molecule has 1 aliphatic heterocycles. The molecule has 0 radical (unpaired) electrons. The van der Waals surface area contributed by atoms with Gasteiger partial charge in [-0.15, -0.1) is 0 Å². The van der Waals surface area contributed by atoms with Crippen molar-refractivity contribution in [2.24, 2.45) is 7.05 Å². The van der Waals surface area contributed by atoms with Crippen LogP contribution in [0.25, 0.3) is 11.0 Å². The van der Waals surface area contributed by atoms with E-state index in [1.54, 1.807) is 10.9 Å². The van der Waals surface area contributed by atoms with Crippen molar-refractivity contribution in [3.05, 3.63) is 11.5 Å². The van der Waals surface area contributed by atoms with Crippen LogP contribution >= 0.6 is 11.6 Å². The molecule has 1 fully saturated rings. The quantitative estimate of drug-likeness (QED) is 0.706. The van der Waals surface area contributed by atoms with Gasteiger partial charge in [-0.25, -0.2) is 4.98 Å². The number of hydrogen-bond acceptors (Lipinski definition) is 5. The molecule has 0 saturated carbocycles. The Labute approximate surface area is 103 Å². The first kappa shape index (κ1) is 10.7. The Bertz CT molecular complexity index is 549. The van der Waals surface area contributed by atoms with E-state index in [4.69, 9.17) is 16.3 Å².